The highest BCUT2D eigenvalue weighted by molar-refractivity contribution is 6.36. The van der Waals surface area contributed by atoms with E-state index in [2.05, 4.69) is 83.4 Å². The zero-order valence-corrected chi connectivity index (χ0v) is 14.8. The van der Waals surface area contributed by atoms with Crippen molar-refractivity contribution in [3.8, 4) is 16.8 Å². The molecule has 0 atom stereocenters. The summed E-state index contributed by atoms with van der Waals surface area (Å²) in [4.78, 5) is 0. The Morgan fingerprint density at radius 2 is 1.19 bits per heavy atom. The summed E-state index contributed by atoms with van der Waals surface area (Å²) in [5.41, 5.74) is 5.77. The number of nitrogens with zero attached hydrogens (tertiary/aromatic N) is 1. The highest BCUT2D eigenvalue weighted by atomic mass is 35.5. The van der Waals surface area contributed by atoms with Gasteiger partial charge >= 0.3 is 0 Å². The normalized spacial score (nSPS) is 11.3. The molecule has 0 bridgehead atoms. The molecule has 0 saturated carbocycles. The summed E-state index contributed by atoms with van der Waals surface area (Å²) < 4.78 is 2.25. The third kappa shape index (κ3) is 2.33. The molecule has 4 aromatic carbocycles. The third-order valence-corrected chi connectivity index (χ3v) is 5.18. The summed E-state index contributed by atoms with van der Waals surface area (Å²) in [6, 6.07) is 33.7. The molecule has 0 aliphatic rings. The van der Waals surface area contributed by atoms with Gasteiger partial charge in [-0.25, -0.2) is 0 Å². The quantitative estimate of drug-likeness (QED) is 0.319. The Balaban J connectivity index is 1.76. The molecule has 0 fully saturated rings. The smallest absolute Gasteiger partial charge is 0.0727 e. The number of para-hydroxylation sites is 2. The largest absolute Gasteiger partial charge is 0.308 e. The van der Waals surface area contributed by atoms with E-state index in [9.17, 15) is 0 Å². The van der Waals surface area contributed by atoms with E-state index in [1.54, 1.807) is 0 Å². The van der Waals surface area contributed by atoms with Crippen molar-refractivity contribution in [3.63, 3.8) is 0 Å². The van der Waals surface area contributed by atoms with E-state index < -0.39 is 0 Å². The SMILES string of the molecule is Clc1cccc2c3ccccc3n(-c3ccc(-c4ccccc4)cc3)c12. The molecule has 1 heterocycles. The molecule has 0 aliphatic carbocycles. The van der Waals surface area contributed by atoms with Crippen LogP contribution in [0.1, 0.15) is 0 Å². The Bertz CT molecular complexity index is 1220. The molecule has 0 spiro atoms. The Kier molecular flexibility index (Phi) is 3.55. The molecule has 1 nitrogen and oxygen atoms in total. The second kappa shape index (κ2) is 6.05. The Morgan fingerprint density at radius 1 is 0.538 bits per heavy atom. The fraction of sp³-hybridized carbons (Fsp3) is 0. The third-order valence-electron chi connectivity index (χ3n) is 4.88. The van der Waals surface area contributed by atoms with Gasteiger partial charge in [-0.2, -0.15) is 0 Å². The molecule has 0 aliphatic heterocycles. The minimum absolute atomic E-state index is 0.769. The maximum Gasteiger partial charge on any atom is 0.0727 e. The maximum absolute atomic E-state index is 6.59. The lowest BCUT2D eigenvalue weighted by atomic mass is 10.1. The van der Waals surface area contributed by atoms with Crippen molar-refractivity contribution in [2.24, 2.45) is 0 Å². The number of aromatic nitrogens is 1. The van der Waals surface area contributed by atoms with Crippen LogP contribution in [0.2, 0.25) is 5.02 Å². The summed E-state index contributed by atoms with van der Waals surface area (Å²) in [5, 5.41) is 3.17. The molecule has 2 heteroatoms. The lowest BCUT2D eigenvalue weighted by Gasteiger charge is -2.10. The minimum Gasteiger partial charge on any atom is -0.308 e. The second-order valence-electron chi connectivity index (χ2n) is 6.40. The molecular formula is C24H16ClN. The average molecular weight is 354 g/mol. The van der Waals surface area contributed by atoms with Crippen molar-refractivity contribution < 1.29 is 0 Å². The Hall–Kier alpha value is -3.03. The predicted molar refractivity (Wildman–Crippen MR) is 111 cm³/mol. The molecule has 0 N–H and O–H groups in total. The monoisotopic (exact) mass is 353 g/mol. The van der Waals surface area contributed by atoms with Crippen molar-refractivity contribution >= 4 is 33.4 Å². The lowest BCUT2D eigenvalue weighted by Crippen LogP contribution is -1.94. The average Bonchev–Trinajstić information content (AvgIpc) is 3.05. The number of benzene rings is 4. The molecule has 26 heavy (non-hydrogen) atoms. The fourth-order valence-corrected chi connectivity index (χ4v) is 3.94. The zero-order chi connectivity index (χ0) is 17.5. The van der Waals surface area contributed by atoms with E-state index in [0.29, 0.717) is 0 Å². The standard InChI is InChI=1S/C24H16ClN/c25-22-11-6-10-21-20-9-4-5-12-23(20)26(24(21)22)19-15-13-18(14-16-19)17-7-2-1-3-8-17/h1-16H. The number of hydrogen-bond acceptors (Lipinski definition) is 0. The van der Waals surface area contributed by atoms with Crippen LogP contribution < -0.4 is 0 Å². The van der Waals surface area contributed by atoms with Gasteiger partial charge in [-0.3, -0.25) is 0 Å². The van der Waals surface area contributed by atoms with Crippen LogP contribution in [-0.2, 0) is 0 Å². The van der Waals surface area contributed by atoms with Gasteiger partial charge in [0.25, 0.3) is 0 Å². The van der Waals surface area contributed by atoms with E-state index in [4.69, 9.17) is 11.6 Å². The van der Waals surface area contributed by atoms with Crippen LogP contribution in [0.25, 0.3) is 38.6 Å². The van der Waals surface area contributed by atoms with Crippen LogP contribution in [-0.4, -0.2) is 4.57 Å². The van der Waals surface area contributed by atoms with Crippen LogP contribution in [0.5, 0.6) is 0 Å². The van der Waals surface area contributed by atoms with Gasteiger partial charge in [-0.15, -0.1) is 0 Å². The van der Waals surface area contributed by atoms with Crippen LogP contribution in [0.15, 0.2) is 97.1 Å². The molecule has 124 valence electrons. The van der Waals surface area contributed by atoms with Gasteiger partial charge in [-0.05, 0) is 35.4 Å². The first kappa shape index (κ1) is 15.2. The van der Waals surface area contributed by atoms with Gasteiger partial charge in [0.2, 0.25) is 0 Å². The predicted octanol–water partition coefficient (Wildman–Crippen LogP) is 7.10. The number of rotatable bonds is 2. The number of fused-ring (bicyclic) bond motifs is 3. The maximum atomic E-state index is 6.59. The number of halogens is 1. The summed E-state index contributed by atoms with van der Waals surface area (Å²) in [7, 11) is 0. The van der Waals surface area contributed by atoms with Crippen LogP contribution in [0.4, 0.5) is 0 Å². The van der Waals surface area contributed by atoms with E-state index >= 15 is 0 Å². The van der Waals surface area contributed by atoms with Crippen LogP contribution in [0.3, 0.4) is 0 Å². The molecule has 1 aromatic heterocycles. The van der Waals surface area contributed by atoms with E-state index in [1.807, 2.05) is 18.2 Å². The minimum atomic E-state index is 0.769. The molecule has 0 unspecified atom stereocenters. The van der Waals surface area contributed by atoms with Crippen molar-refractivity contribution in [1.82, 2.24) is 4.57 Å². The zero-order valence-electron chi connectivity index (χ0n) is 14.1. The fourth-order valence-electron chi connectivity index (χ4n) is 3.68. The summed E-state index contributed by atoms with van der Waals surface area (Å²) in [6.45, 7) is 0. The van der Waals surface area contributed by atoms with Gasteiger partial charge < -0.3 is 4.57 Å². The van der Waals surface area contributed by atoms with Crippen molar-refractivity contribution in [1.29, 1.82) is 0 Å². The van der Waals surface area contributed by atoms with E-state index in [0.717, 1.165) is 16.2 Å². The van der Waals surface area contributed by atoms with Gasteiger partial charge in [0.1, 0.15) is 0 Å². The first-order valence-corrected chi connectivity index (χ1v) is 9.04. The van der Waals surface area contributed by atoms with Gasteiger partial charge in [0.15, 0.2) is 0 Å². The lowest BCUT2D eigenvalue weighted by molar-refractivity contribution is 1.18. The van der Waals surface area contributed by atoms with E-state index in [-0.39, 0.29) is 0 Å². The second-order valence-corrected chi connectivity index (χ2v) is 6.81. The first-order valence-electron chi connectivity index (χ1n) is 8.66. The van der Waals surface area contributed by atoms with Gasteiger partial charge in [0, 0.05) is 16.5 Å². The van der Waals surface area contributed by atoms with Crippen molar-refractivity contribution in [2.45, 2.75) is 0 Å². The topological polar surface area (TPSA) is 4.93 Å². The highest BCUT2D eigenvalue weighted by Crippen LogP contribution is 2.36. The van der Waals surface area contributed by atoms with Crippen molar-refractivity contribution in [2.75, 3.05) is 0 Å². The van der Waals surface area contributed by atoms with Gasteiger partial charge in [-0.1, -0.05) is 84.4 Å². The molecule has 5 aromatic rings. The highest BCUT2D eigenvalue weighted by Gasteiger charge is 2.14. The summed E-state index contributed by atoms with van der Waals surface area (Å²) >= 11 is 6.59. The van der Waals surface area contributed by atoms with Gasteiger partial charge in [0.05, 0.1) is 16.1 Å². The molecule has 0 amide bonds. The first-order chi connectivity index (χ1) is 12.8. The van der Waals surface area contributed by atoms with Crippen LogP contribution >= 0.6 is 11.6 Å². The molecule has 5 rings (SSSR count). The summed E-state index contributed by atoms with van der Waals surface area (Å²) in [6.07, 6.45) is 0. The number of hydrogen-bond donors (Lipinski definition) is 0. The Labute approximate surface area is 157 Å². The van der Waals surface area contributed by atoms with Crippen molar-refractivity contribution in [3.05, 3.63) is 102 Å². The van der Waals surface area contributed by atoms with Crippen LogP contribution in [0, 0.1) is 0 Å². The summed E-state index contributed by atoms with van der Waals surface area (Å²) in [5.74, 6) is 0. The molecule has 0 radical (unpaired) electrons. The Morgan fingerprint density at radius 3 is 2.00 bits per heavy atom. The van der Waals surface area contributed by atoms with E-state index in [1.165, 1.54) is 27.4 Å². The molecular weight excluding hydrogens is 338 g/mol. The molecule has 0 saturated heterocycles.